The van der Waals surface area contributed by atoms with Crippen molar-refractivity contribution in [3.05, 3.63) is 40.9 Å². The Balaban J connectivity index is 0.000000483. The number of aryl methyl sites for hydroxylation is 1. The average molecular weight is 604 g/mol. The van der Waals surface area contributed by atoms with Gasteiger partial charge >= 0.3 is 0 Å². The molecule has 236 valence electrons. The maximum atomic E-state index is 12.4. The van der Waals surface area contributed by atoms with E-state index in [9.17, 15) is 14.4 Å². The number of rotatable bonds is 12. The summed E-state index contributed by atoms with van der Waals surface area (Å²) in [5.41, 5.74) is 8.11. The van der Waals surface area contributed by atoms with Gasteiger partial charge in [0.25, 0.3) is 0 Å². The topological polar surface area (TPSA) is 117 Å². The minimum absolute atomic E-state index is 0.119. The summed E-state index contributed by atoms with van der Waals surface area (Å²) in [5.74, 6) is 0.544. The Hall–Kier alpha value is -2.55. The van der Waals surface area contributed by atoms with E-state index in [1.54, 1.807) is 0 Å². The lowest BCUT2D eigenvalue weighted by atomic mass is 9.84. The fourth-order valence-corrected chi connectivity index (χ4v) is 5.53. The van der Waals surface area contributed by atoms with E-state index in [4.69, 9.17) is 11.6 Å². The predicted octanol–water partition coefficient (Wildman–Crippen LogP) is 5.91. The number of primary amides is 1. The van der Waals surface area contributed by atoms with Crippen LogP contribution in [0.25, 0.3) is 0 Å². The number of hydrogen-bond acceptors (Lipinski definition) is 6. The Bertz CT molecular complexity index is 997. The van der Waals surface area contributed by atoms with Crippen LogP contribution in [0, 0.1) is 12.8 Å². The highest BCUT2D eigenvalue weighted by molar-refractivity contribution is 6.30. The molecule has 2 fully saturated rings. The third-order valence-corrected chi connectivity index (χ3v) is 7.62. The second-order valence-corrected chi connectivity index (χ2v) is 12.0. The first-order valence-corrected chi connectivity index (χ1v) is 15.8. The van der Waals surface area contributed by atoms with Crippen LogP contribution >= 0.6 is 11.6 Å². The zero-order valence-electron chi connectivity index (χ0n) is 26.4. The number of benzene rings is 1. The standard InChI is InChI=1S/C22H34ClN3O.C9H15NO.C2H5NO/c1-16-13-19(23)10-11-21(16)25-17(2)9-12-22(27)26-20(15-24-3)14-18-7-5-4-6-8-18;1-9(8-11)7-10-5-3-2-4-6-10;1-2(3)4/h10-11,13,18,20,24H,4-9,12,14-15H2,1-3H3,(H,26,27);8H,1-7H2;1H3,(H2,3,4). The lowest BCUT2D eigenvalue weighted by Gasteiger charge is -2.27. The van der Waals surface area contributed by atoms with Gasteiger partial charge < -0.3 is 16.4 Å². The zero-order valence-corrected chi connectivity index (χ0v) is 27.1. The molecule has 0 aromatic heterocycles. The molecule has 2 amide bonds. The molecule has 1 heterocycles. The highest BCUT2D eigenvalue weighted by Crippen LogP contribution is 2.27. The minimum Gasteiger partial charge on any atom is -0.370 e. The van der Waals surface area contributed by atoms with Crippen molar-refractivity contribution in [3.63, 3.8) is 0 Å². The van der Waals surface area contributed by atoms with Gasteiger partial charge in [0.2, 0.25) is 11.8 Å². The highest BCUT2D eigenvalue weighted by atomic mass is 35.5. The first kappa shape index (κ1) is 37.5. The molecule has 1 saturated carbocycles. The normalized spacial score (nSPS) is 16.6. The van der Waals surface area contributed by atoms with E-state index in [1.165, 1.54) is 58.3 Å². The molecule has 1 atom stereocenters. The molecule has 1 aromatic carbocycles. The Labute approximate surface area is 258 Å². The number of aliphatic imine (C=N–C) groups is 1. The van der Waals surface area contributed by atoms with Gasteiger partial charge in [-0.25, -0.2) is 0 Å². The Morgan fingerprint density at radius 1 is 1.12 bits per heavy atom. The van der Waals surface area contributed by atoms with Crippen molar-refractivity contribution in [2.24, 2.45) is 16.6 Å². The molecular weight excluding hydrogens is 550 g/mol. The molecule has 3 rings (SSSR count). The molecule has 8 nitrogen and oxygen atoms in total. The fourth-order valence-electron chi connectivity index (χ4n) is 5.31. The van der Waals surface area contributed by atoms with E-state index < -0.39 is 0 Å². The first-order valence-electron chi connectivity index (χ1n) is 15.4. The molecule has 1 aliphatic heterocycles. The molecule has 0 spiro atoms. The lowest BCUT2D eigenvalue weighted by Crippen LogP contribution is -2.42. The maximum Gasteiger partial charge on any atom is 0.220 e. The number of nitrogens with one attached hydrogen (secondary N) is 2. The summed E-state index contributed by atoms with van der Waals surface area (Å²) in [6, 6.07) is 5.91. The lowest BCUT2D eigenvalue weighted by molar-refractivity contribution is -0.121. The van der Waals surface area contributed by atoms with Gasteiger partial charge in [0.15, 0.2) is 0 Å². The average Bonchev–Trinajstić information content (AvgIpc) is 2.95. The molecule has 42 heavy (non-hydrogen) atoms. The zero-order chi connectivity index (χ0) is 31.3. The minimum atomic E-state index is -0.333. The van der Waals surface area contributed by atoms with Crippen molar-refractivity contribution in [3.8, 4) is 0 Å². The van der Waals surface area contributed by atoms with Crippen LogP contribution in [0.3, 0.4) is 0 Å². The van der Waals surface area contributed by atoms with Crippen molar-refractivity contribution in [2.75, 3.05) is 33.2 Å². The number of nitrogens with two attached hydrogens (primary N) is 1. The first-order chi connectivity index (χ1) is 20.0. The van der Waals surface area contributed by atoms with Crippen LogP contribution in [0.5, 0.6) is 0 Å². The van der Waals surface area contributed by atoms with E-state index in [0.717, 1.165) is 66.8 Å². The molecule has 1 saturated heterocycles. The fraction of sp³-hybridized carbons (Fsp3) is 0.636. The smallest absolute Gasteiger partial charge is 0.220 e. The Morgan fingerprint density at radius 2 is 1.74 bits per heavy atom. The quantitative estimate of drug-likeness (QED) is 0.156. The van der Waals surface area contributed by atoms with E-state index in [1.807, 2.05) is 39.1 Å². The number of likely N-dealkylation sites (N-methyl/N-ethyl adjacent to an activating group) is 1. The van der Waals surface area contributed by atoms with Crippen LogP contribution in [0.15, 0.2) is 35.3 Å². The second-order valence-electron chi connectivity index (χ2n) is 11.6. The van der Waals surface area contributed by atoms with Gasteiger partial charge in [-0.1, -0.05) is 56.7 Å². The summed E-state index contributed by atoms with van der Waals surface area (Å²) in [5, 5.41) is 7.17. The van der Waals surface area contributed by atoms with Gasteiger partial charge in [-0.2, -0.15) is 0 Å². The van der Waals surface area contributed by atoms with Gasteiger partial charge in [0.1, 0.15) is 6.29 Å². The van der Waals surface area contributed by atoms with Gasteiger partial charge in [-0.3, -0.25) is 24.3 Å². The van der Waals surface area contributed by atoms with E-state index >= 15 is 0 Å². The van der Waals surface area contributed by atoms with Crippen molar-refractivity contribution in [1.29, 1.82) is 0 Å². The van der Waals surface area contributed by atoms with Crippen LogP contribution in [-0.2, 0) is 14.4 Å². The predicted molar refractivity (Wildman–Crippen MR) is 176 cm³/mol. The van der Waals surface area contributed by atoms with Crippen molar-refractivity contribution >= 4 is 41.1 Å². The number of amides is 2. The number of likely N-dealkylation sites (tertiary alicyclic amines) is 1. The number of carbonyl (C=O) groups is 3. The SMILES string of the molecule is C=C(C=O)CN1CCCCC1.CC(N)=O.CNCC(CC1CCCCC1)NC(=O)CCC(C)=Nc1ccc(Cl)cc1C. The molecule has 1 aromatic rings. The largest absolute Gasteiger partial charge is 0.370 e. The molecule has 0 radical (unpaired) electrons. The summed E-state index contributed by atoms with van der Waals surface area (Å²) in [6.07, 6.45) is 13.6. The molecular formula is C33H54ClN5O3. The molecule has 9 heteroatoms. The number of hydrogen-bond donors (Lipinski definition) is 3. The third kappa shape index (κ3) is 18.1. The van der Waals surface area contributed by atoms with Crippen LogP contribution in [-0.4, -0.2) is 68.0 Å². The van der Waals surface area contributed by atoms with Crippen LogP contribution < -0.4 is 16.4 Å². The van der Waals surface area contributed by atoms with Crippen molar-refractivity contribution in [1.82, 2.24) is 15.5 Å². The summed E-state index contributed by atoms with van der Waals surface area (Å²) < 4.78 is 0. The number of carbonyl (C=O) groups excluding carboxylic acids is 3. The van der Waals surface area contributed by atoms with Gasteiger partial charge in [-0.15, -0.1) is 0 Å². The maximum absolute atomic E-state index is 12.4. The summed E-state index contributed by atoms with van der Waals surface area (Å²) in [4.78, 5) is 38.8. The monoisotopic (exact) mass is 603 g/mol. The summed E-state index contributed by atoms with van der Waals surface area (Å²) >= 11 is 5.99. The second kappa shape index (κ2) is 22.1. The summed E-state index contributed by atoms with van der Waals surface area (Å²) in [7, 11) is 1.95. The van der Waals surface area contributed by atoms with Crippen LogP contribution in [0.4, 0.5) is 5.69 Å². The number of halogens is 1. The number of nitrogens with zero attached hydrogens (tertiary/aromatic N) is 2. The van der Waals surface area contributed by atoms with E-state index in [0.29, 0.717) is 18.4 Å². The molecule has 1 unspecified atom stereocenters. The van der Waals surface area contributed by atoms with Gasteiger partial charge in [0, 0.05) is 43.2 Å². The van der Waals surface area contributed by atoms with E-state index in [-0.39, 0.29) is 17.9 Å². The number of aldehydes is 1. The Morgan fingerprint density at radius 3 is 2.31 bits per heavy atom. The van der Waals surface area contributed by atoms with E-state index in [2.05, 4.69) is 32.8 Å². The van der Waals surface area contributed by atoms with Crippen molar-refractivity contribution < 1.29 is 14.4 Å². The number of piperidine rings is 1. The van der Waals surface area contributed by atoms with Gasteiger partial charge in [0.05, 0.1) is 5.69 Å². The highest BCUT2D eigenvalue weighted by Gasteiger charge is 2.20. The van der Waals surface area contributed by atoms with Gasteiger partial charge in [-0.05, 0) is 94.9 Å². The van der Waals surface area contributed by atoms with Crippen molar-refractivity contribution in [2.45, 2.75) is 97.4 Å². The Kier molecular flexibility index (Phi) is 19.7. The van der Waals surface area contributed by atoms with Crippen LogP contribution in [0.2, 0.25) is 5.02 Å². The molecule has 4 N–H and O–H groups in total. The molecule has 0 bridgehead atoms. The molecule has 1 aliphatic carbocycles. The van der Waals surface area contributed by atoms with Crippen LogP contribution in [0.1, 0.15) is 90.0 Å². The molecule has 2 aliphatic rings. The third-order valence-electron chi connectivity index (χ3n) is 7.38. The summed E-state index contributed by atoms with van der Waals surface area (Å²) in [6.45, 7) is 12.8.